The Morgan fingerprint density at radius 2 is 1.96 bits per heavy atom. The maximum Gasteiger partial charge on any atom is 0.270 e. The fourth-order valence-corrected chi connectivity index (χ4v) is 3.45. The normalized spacial score (nSPS) is 14.8. The van der Waals surface area contributed by atoms with Crippen LogP contribution in [0.15, 0.2) is 42.5 Å². The van der Waals surface area contributed by atoms with Crippen LogP contribution in [0.1, 0.15) is 18.4 Å². The molecular weight excluding hydrogens is 433 g/mol. The molecule has 3 rings (SSSR count). The van der Waals surface area contributed by atoms with Gasteiger partial charge in [0.2, 0.25) is 0 Å². The molecule has 2 aromatic rings. The van der Waals surface area contributed by atoms with Crippen molar-refractivity contribution in [3.8, 4) is 11.8 Å². The van der Waals surface area contributed by atoms with Crippen LogP contribution in [0.3, 0.4) is 0 Å². The molecule has 1 heterocycles. The van der Waals surface area contributed by atoms with Gasteiger partial charge in [0, 0.05) is 38.1 Å². The fraction of sp³-hybridized carbons (Fsp3) is 0.278. The van der Waals surface area contributed by atoms with Gasteiger partial charge in [-0.2, -0.15) is 5.26 Å². The van der Waals surface area contributed by atoms with E-state index in [1.165, 1.54) is 12.1 Å². The quantitative estimate of drug-likeness (QED) is 0.399. The maximum absolute atomic E-state index is 10.9. The molecular formula is C18H16IN3O3. The van der Waals surface area contributed by atoms with Gasteiger partial charge in [-0.25, -0.2) is 0 Å². The van der Waals surface area contributed by atoms with Crippen molar-refractivity contribution in [2.45, 2.75) is 18.9 Å². The summed E-state index contributed by atoms with van der Waals surface area (Å²) in [7, 11) is 0. The topological polar surface area (TPSA) is 79.4 Å². The van der Waals surface area contributed by atoms with Gasteiger partial charge in [0.1, 0.15) is 17.9 Å². The first-order chi connectivity index (χ1) is 12.1. The van der Waals surface area contributed by atoms with Gasteiger partial charge in [-0.1, -0.05) is 12.1 Å². The molecule has 1 aliphatic heterocycles. The minimum absolute atomic E-state index is 0.0582. The Labute approximate surface area is 159 Å². The molecule has 25 heavy (non-hydrogen) atoms. The predicted octanol–water partition coefficient (Wildman–Crippen LogP) is 4.12. The van der Waals surface area contributed by atoms with Gasteiger partial charge < -0.3 is 9.64 Å². The lowest BCUT2D eigenvalue weighted by Crippen LogP contribution is -2.38. The van der Waals surface area contributed by atoms with E-state index in [1.807, 2.05) is 24.3 Å². The first kappa shape index (κ1) is 17.5. The van der Waals surface area contributed by atoms with Crippen molar-refractivity contribution in [3.05, 3.63) is 61.7 Å². The number of hydrogen-bond donors (Lipinski definition) is 0. The Morgan fingerprint density at radius 3 is 2.60 bits per heavy atom. The number of nitro benzene ring substituents is 1. The molecule has 0 radical (unpaired) electrons. The first-order valence-corrected chi connectivity index (χ1v) is 9.01. The van der Waals surface area contributed by atoms with Crippen molar-refractivity contribution in [2.75, 3.05) is 18.0 Å². The van der Waals surface area contributed by atoms with Crippen molar-refractivity contribution >= 4 is 34.0 Å². The summed E-state index contributed by atoms with van der Waals surface area (Å²) in [5.41, 5.74) is 1.03. The third-order valence-electron chi connectivity index (χ3n) is 4.22. The zero-order chi connectivity index (χ0) is 17.8. The Bertz CT molecular complexity index is 827. The summed E-state index contributed by atoms with van der Waals surface area (Å²) in [5.74, 6) is 0.898. The van der Waals surface area contributed by atoms with E-state index in [9.17, 15) is 15.4 Å². The third kappa shape index (κ3) is 4.02. The van der Waals surface area contributed by atoms with Gasteiger partial charge in [-0.3, -0.25) is 10.1 Å². The maximum atomic E-state index is 10.9. The van der Waals surface area contributed by atoms with E-state index >= 15 is 0 Å². The molecule has 1 fully saturated rings. The van der Waals surface area contributed by atoms with Crippen molar-refractivity contribution in [3.63, 3.8) is 0 Å². The van der Waals surface area contributed by atoms with Crippen LogP contribution in [0.2, 0.25) is 0 Å². The molecule has 0 amide bonds. The first-order valence-electron chi connectivity index (χ1n) is 7.93. The van der Waals surface area contributed by atoms with E-state index in [-0.39, 0.29) is 11.8 Å². The minimum Gasteiger partial charge on any atom is -0.489 e. The smallest absolute Gasteiger partial charge is 0.270 e. The van der Waals surface area contributed by atoms with E-state index in [4.69, 9.17) is 4.74 Å². The lowest BCUT2D eigenvalue weighted by molar-refractivity contribution is -0.384. The third-order valence-corrected chi connectivity index (χ3v) is 5.12. The summed E-state index contributed by atoms with van der Waals surface area (Å²) in [6.45, 7) is 1.50. The second-order valence-electron chi connectivity index (χ2n) is 5.81. The highest BCUT2D eigenvalue weighted by molar-refractivity contribution is 14.1. The number of anilines is 1. The lowest BCUT2D eigenvalue weighted by Gasteiger charge is -2.34. The standard InChI is InChI=1S/C18H16IN3O3/c19-16-3-1-2-4-18(16)25-15-7-9-21(10-8-15)17-6-5-14(22(23)24)11-13(17)12-20/h1-6,11,15H,7-10H2. The number of halogens is 1. The van der Waals surface area contributed by atoms with Crippen LogP contribution in [-0.4, -0.2) is 24.1 Å². The van der Waals surface area contributed by atoms with Gasteiger partial charge in [-0.05, 0) is 40.8 Å². The number of ether oxygens (including phenoxy) is 1. The van der Waals surface area contributed by atoms with Crippen molar-refractivity contribution in [2.24, 2.45) is 0 Å². The van der Waals surface area contributed by atoms with Crippen LogP contribution in [-0.2, 0) is 0 Å². The lowest BCUT2D eigenvalue weighted by atomic mass is 10.0. The van der Waals surface area contributed by atoms with Crippen molar-refractivity contribution in [1.29, 1.82) is 5.26 Å². The predicted molar refractivity (Wildman–Crippen MR) is 103 cm³/mol. The summed E-state index contributed by atoms with van der Waals surface area (Å²) in [6.07, 6.45) is 1.82. The number of para-hydroxylation sites is 1. The summed E-state index contributed by atoms with van der Waals surface area (Å²) in [4.78, 5) is 12.5. The molecule has 128 valence electrons. The molecule has 0 spiro atoms. The van der Waals surface area contributed by atoms with E-state index in [0.29, 0.717) is 5.56 Å². The van der Waals surface area contributed by atoms with E-state index in [2.05, 4.69) is 33.6 Å². The average Bonchev–Trinajstić information content (AvgIpc) is 2.63. The zero-order valence-electron chi connectivity index (χ0n) is 13.4. The van der Waals surface area contributed by atoms with Gasteiger partial charge in [0.15, 0.2) is 0 Å². The summed E-state index contributed by atoms with van der Waals surface area (Å²) in [6, 6.07) is 14.4. The number of hydrogen-bond acceptors (Lipinski definition) is 5. The highest BCUT2D eigenvalue weighted by atomic mass is 127. The van der Waals surface area contributed by atoms with Gasteiger partial charge in [0.05, 0.1) is 19.7 Å². The Balaban J connectivity index is 1.67. The molecule has 0 unspecified atom stereocenters. The molecule has 2 aromatic carbocycles. The van der Waals surface area contributed by atoms with Crippen molar-refractivity contribution < 1.29 is 9.66 Å². The molecule has 7 heteroatoms. The second kappa shape index (κ2) is 7.70. The number of non-ortho nitro benzene ring substituents is 1. The van der Waals surface area contributed by atoms with Crippen LogP contribution in [0.4, 0.5) is 11.4 Å². The largest absolute Gasteiger partial charge is 0.489 e. The number of nitrogens with zero attached hydrogens (tertiary/aromatic N) is 3. The van der Waals surface area contributed by atoms with Crippen LogP contribution >= 0.6 is 22.6 Å². The van der Waals surface area contributed by atoms with Crippen molar-refractivity contribution in [1.82, 2.24) is 0 Å². The number of nitriles is 1. The van der Waals surface area contributed by atoms with E-state index in [0.717, 1.165) is 40.9 Å². The SMILES string of the molecule is N#Cc1cc([N+](=O)[O-])ccc1N1CCC(Oc2ccccc2I)CC1. The van der Waals surface area contributed by atoms with E-state index < -0.39 is 4.92 Å². The fourth-order valence-electron chi connectivity index (χ4n) is 2.94. The van der Waals surface area contributed by atoms with Gasteiger partial charge in [0.25, 0.3) is 5.69 Å². The zero-order valence-corrected chi connectivity index (χ0v) is 15.5. The molecule has 0 saturated carbocycles. The van der Waals surface area contributed by atoms with E-state index in [1.54, 1.807) is 6.07 Å². The van der Waals surface area contributed by atoms with Crippen LogP contribution in [0.25, 0.3) is 0 Å². The Morgan fingerprint density at radius 1 is 1.24 bits per heavy atom. The molecule has 0 aromatic heterocycles. The highest BCUT2D eigenvalue weighted by Crippen LogP contribution is 2.29. The number of benzene rings is 2. The number of rotatable bonds is 4. The second-order valence-corrected chi connectivity index (χ2v) is 6.97. The van der Waals surface area contributed by atoms with Gasteiger partial charge in [-0.15, -0.1) is 0 Å². The van der Waals surface area contributed by atoms with Crippen LogP contribution in [0.5, 0.6) is 5.75 Å². The van der Waals surface area contributed by atoms with Crippen LogP contribution < -0.4 is 9.64 Å². The Kier molecular flexibility index (Phi) is 5.38. The monoisotopic (exact) mass is 449 g/mol. The molecule has 6 nitrogen and oxygen atoms in total. The highest BCUT2D eigenvalue weighted by Gasteiger charge is 2.23. The summed E-state index contributed by atoms with van der Waals surface area (Å²) in [5, 5.41) is 20.2. The van der Waals surface area contributed by atoms with Gasteiger partial charge >= 0.3 is 0 Å². The molecule has 1 saturated heterocycles. The number of piperidine rings is 1. The molecule has 0 aliphatic carbocycles. The molecule has 0 bridgehead atoms. The Hall–Kier alpha value is -2.34. The summed E-state index contributed by atoms with van der Waals surface area (Å²) < 4.78 is 7.18. The molecule has 0 N–H and O–H groups in total. The molecule has 1 aliphatic rings. The summed E-state index contributed by atoms with van der Waals surface area (Å²) >= 11 is 2.26. The minimum atomic E-state index is -0.480. The molecule has 0 atom stereocenters. The van der Waals surface area contributed by atoms with Crippen LogP contribution in [0, 0.1) is 25.0 Å². The number of nitro groups is 1. The average molecular weight is 449 g/mol.